The second kappa shape index (κ2) is 6.16. The zero-order valence-corrected chi connectivity index (χ0v) is 10.0. The van der Waals surface area contributed by atoms with Crippen molar-refractivity contribution in [2.45, 2.75) is 26.3 Å². The van der Waals surface area contributed by atoms with E-state index >= 15 is 0 Å². The van der Waals surface area contributed by atoms with E-state index in [0.717, 1.165) is 16.9 Å². The van der Waals surface area contributed by atoms with Crippen LogP contribution in [0.5, 0.6) is 5.75 Å². The van der Waals surface area contributed by atoms with E-state index in [1.54, 1.807) is 7.11 Å². The summed E-state index contributed by atoms with van der Waals surface area (Å²) in [5.41, 5.74) is 4.97. The third-order valence-corrected chi connectivity index (χ3v) is 2.45. The Bertz CT molecular complexity index is 404. The number of ether oxygens (including phenoxy) is 1. The topological polar surface area (TPSA) is 47.3 Å². The number of hydrazine groups is 1. The molecule has 86 valence electrons. The number of aryl methyl sites for hydroxylation is 1. The molecule has 1 aromatic rings. The molecule has 1 aromatic carbocycles. The first kappa shape index (κ1) is 12.6. The molecular weight excluding hydrogens is 200 g/mol. The molecular formula is C13H18N2O. The van der Waals surface area contributed by atoms with Crippen LogP contribution in [0.1, 0.15) is 30.5 Å². The van der Waals surface area contributed by atoms with Gasteiger partial charge in [0.2, 0.25) is 0 Å². The number of nitrogens with one attached hydrogen (secondary N) is 1. The van der Waals surface area contributed by atoms with Crippen molar-refractivity contribution in [3.8, 4) is 17.6 Å². The minimum atomic E-state index is 0.00278. The maximum Gasteiger partial charge on any atom is 0.123 e. The fourth-order valence-electron chi connectivity index (χ4n) is 1.57. The molecule has 3 nitrogen and oxygen atoms in total. The van der Waals surface area contributed by atoms with Gasteiger partial charge in [0, 0.05) is 12.0 Å². The first-order chi connectivity index (χ1) is 7.72. The summed E-state index contributed by atoms with van der Waals surface area (Å²) >= 11 is 0. The summed E-state index contributed by atoms with van der Waals surface area (Å²) in [7, 11) is 1.66. The Kier molecular flexibility index (Phi) is 4.84. The van der Waals surface area contributed by atoms with Crippen LogP contribution < -0.4 is 16.0 Å². The van der Waals surface area contributed by atoms with Gasteiger partial charge in [-0.15, -0.1) is 11.8 Å². The molecule has 0 aromatic heterocycles. The van der Waals surface area contributed by atoms with Crippen molar-refractivity contribution in [1.82, 2.24) is 5.43 Å². The maximum atomic E-state index is 5.53. The number of methoxy groups -OCH3 is 1. The number of benzene rings is 1. The van der Waals surface area contributed by atoms with Crippen LogP contribution >= 0.6 is 0 Å². The van der Waals surface area contributed by atoms with Crippen molar-refractivity contribution in [1.29, 1.82) is 0 Å². The smallest absolute Gasteiger partial charge is 0.123 e. The highest BCUT2D eigenvalue weighted by Gasteiger charge is 2.13. The third-order valence-electron chi connectivity index (χ3n) is 2.45. The Morgan fingerprint density at radius 1 is 1.50 bits per heavy atom. The van der Waals surface area contributed by atoms with E-state index in [1.165, 1.54) is 0 Å². The molecule has 1 rings (SSSR count). The van der Waals surface area contributed by atoms with Crippen LogP contribution in [0.15, 0.2) is 18.2 Å². The van der Waals surface area contributed by atoms with Gasteiger partial charge in [-0.25, -0.2) is 0 Å². The van der Waals surface area contributed by atoms with Crippen LogP contribution in [-0.2, 0) is 0 Å². The van der Waals surface area contributed by atoms with Gasteiger partial charge >= 0.3 is 0 Å². The van der Waals surface area contributed by atoms with Crippen LogP contribution in [0.25, 0.3) is 0 Å². The first-order valence-corrected chi connectivity index (χ1v) is 5.23. The molecule has 0 amide bonds. The highest BCUT2D eigenvalue weighted by Crippen LogP contribution is 2.27. The van der Waals surface area contributed by atoms with E-state index in [1.807, 2.05) is 32.0 Å². The van der Waals surface area contributed by atoms with Crippen molar-refractivity contribution in [3.05, 3.63) is 29.3 Å². The number of nitrogens with two attached hydrogens (primary N) is 1. The SMILES string of the molecule is CC#CCC(NN)c1ccc(C)cc1OC. The molecule has 0 aliphatic rings. The summed E-state index contributed by atoms with van der Waals surface area (Å²) in [6, 6.07) is 6.07. The second-order valence-corrected chi connectivity index (χ2v) is 3.60. The Morgan fingerprint density at radius 2 is 2.25 bits per heavy atom. The molecule has 0 fully saturated rings. The molecule has 3 heteroatoms. The minimum absolute atomic E-state index is 0.00278. The lowest BCUT2D eigenvalue weighted by Crippen LogP contribution is -2.28. The predicted octanol–water partition coefficient (Wildman–Crippen LogP) is 1.92. The van der Waals surface area contributed by atoms with Gasteiger partial charge in [-0.2, -0.15) is 0 Å². The number of hydrogen-bond donors (Lipinski definition) is 2. The van der Waals surface area contributed by atoms with E-state index in [-0.39, 0.29) is 6.04 Å². The zero-order valence-electron chi connectivity index (χ0n) is 10.0. The molecule has 0 saturated carbocycles. The molecule has 1 atom stereocenters. The summed E-state index contributed by atoms with van der Waals surface area (Å²) in [6.07, 6.45) is 0.673. The summed E-state index contributed by atoms with van der Waals surface area (Å²) in [5, 5.41) is 0. The monoisotopic (exact) mass is 218 g/mol. The molecule has 0 saturated heterocycles. The molecule has 0 radical (unpaired) electrons. The summed E-state index contributed by atoms with van der Waals surface area (Å²) in [5.74, 6) is 12.3. The van der Waals surface area contributed by atoms with Crippen LogP contribution in [0.3, 0.4) is 0 Å². The average Bonchev–Trinajstić information content (AvgIpc) is 2.31. The van der Waals surface area contributed by atoms with Gasteiger partial charge in [-0.3, -0.25) is 11.3 Å². The quantitative estimate of drug-likeness (QED) is 0.461. The molecule has 0 aliphatic carbocycles. The average molecular weight is 218 g/mol. The molecule has 3 N–H and O–H groups in total. The zero-order chi connectivity index (χ0) is 12.0. The third kappa shape index (κ3) is 2.99. The lowest BCUT2D eigenvalue weighted by molar-refractivity contribution is 0.400. The Labute approximate surface area is 97.0 Å². The summed E-state index contributed by atoms with van der Waals surface area (Å²) in [4.78, 5) is 0. The highest BCUT2D eigenvalue weighted by atomic mass is 16.5. The fraction of sp³-hybridized carbons (Fsp3) is 0.385. The van der Waals surface area contributed by atoms with Crippen molar-refractivity contribution >= 4 is 0 Å². The molecule has 0 heterocycles. The van der Waals surface area contributed by atoms with Gasteiger partial charge in [0.1, 0.15) is 5.75 Å². The summed E-state index contributed by atoms with van der Waals surface area (Å²) in [6.45, 7) is 3.85. The van der Waals surface area contributed by atoms with Gasteiger partial charge < -0.3 is 4.74 Å². The Balaban J connectivity index is 3.02. The fourth-order valence-corrected chi connectivity index (χ4v) is 1.57. The lowest BCUT2D eigenvalue weighted by Gasteiger charge is -2.17. The largest absolute Gasteiger partial charge is 0.496 e. The Hall–Kier alpha value is -1.50. The van der Waals surface area contributed by atoms with Gasteiger partial charge in [0.15, 0.2) is 0 Å². The molecule has 0 bridgehead atoms. The lowest BCUT2D eigenvalue weighted by atomic mass is 10.0. The minimum Gasteiger partial charge on any atom is -0.496 e. The van der Waals surface area contributed by atoms with E-state index in [4.69, 9.17) is 10.6 Å². The standard InChI is InChI=1S/C13H18N2O/c1-4-5-6-12(15-14)11-8-7-10(2)9-13(11)16-3/h7-9,12,15H,6,14H2,1-3H3. The van der Waals surface area contributed by atoms with Crippen LogP contribution in [0, 0.1) is 18.8 Å². The van der Waals surface area contributed by atoms with Crippen molar-refractivity contribution in [2.24, 2.45) is 5.84 Å². The van der Waals surface area contributed by atoms with E-state index in [9.17, 15) is 0 Å². The van der Waals surface area contributed by atoms with Crippen LogP contribution in [0.4, 0.5) is 0 Å². The van der Waals surface area contributed by atoms with Crippen molar-refractivity contribution < 1.29 is 4.74 Å². The van der Waals surface area contributed by atoms with Gasteiger partial charge in [0.25, 0.3) is 0 Å². The molecule has 0 aliphatic heterocycles. The van der Waals surface area contributed by atoms with E-state index in [0.29, 0.717) is 6.42 Å². The van der Waals surface area contributed by atoms with Crippen molar-refractivity contribution in [2.75, 3.05) is 7.11 Å². The highest BCUT2D eigenvalue weighted by molar-refractivity contribution is 5.39. The number of rotatable bonds is 4. The van der Waals surface area contributed by atoms with Gasteiger partial charge in [-0.1, -0.05) is 12.1 Å². The maximum absolute atomic E-state index is 5.53. The molecule has 16 heavy (non-hydrogen) atoms. The normalized spacial score (nSPS) is 11.5. The molecule has 0 spiro atoms. The van der Waals surface area contributed by atoms with Crippen LogP contribution in [-0.4, -0.2) is 7.11 Å². The number of hydrogen-bond acceptors (Lipinski definition) is 3. The van der Waals surface area contributed by atoms with Gasteiger partial charge in [-0.05, 0) is 25.5 Å². The second-order valence-electron chi connectivity index (χ2n) is 3.60. The van der Waals surface area contributed by atoms with Crippen LogP contribution in [0.2, 0.25) is 0 Å². The first-order valence-electron chi connectivity index (χ1n) is 5.23. The Morgan fingerprint density at radius 3 is 2.81 bits per heavy atom. The molecule has 1 unspecified atom stereocenters. The van der Waals surface area contributed by atoms with Crippen molar-refractivity contribution in [3.63, 3.8) is 0 Å². The van der Waals surface area contributed by atoms with E-state index < -0.39 is 0 Å². The van der Waals surface area contributed by atoms with Gasteiger partial charge in [0.05, 0.1) is 13.2 Å². The van der Waals surface area contributed by atoms with E-state index in [2.05, 4.69) is 17.3 Å². The predicted molar refractivity (Wildman–Crippen MR) is 65.9 cm³/mol. The summed E-state index contributed by atoms with van der Waals surface area (Å²) < 4.78 is 5.35.